The molecule has 1 atom stereocenters. The number of carbonyl (C=O) groups excluding carboxylic acids is 3. The molecule has 8 heteroatoms. The van der Waals surface area contributed by atoms with Crippen molar-refractivity contribution in [1.82, 2.24) is 5.32 Å². The maximum atomic E-state index is 14.0. The molecule has 0 saturated heterocycles. The number of anilines is 1. The number of methoxy groups -OCH3 is 1. The Labute approximate surface area is 174 Å². The molecule has 1 aliphatic rings. The van der Waals surface area contributed by atoms with Crippen LogP contribution in [0.2, 0.25) is 0 Å². The van der Waals surface area contributed by atoms with Crippen LogP contribution >= 0.6 is 0 Å². The number of benzene rings is 2. The van der Waals surface area contributed by atoms with E-state index in [9.17, 15) is 18.8 Å². The molecule has 0 heterocycles. The fourth-order valence-corrected chi connectivity index (χ4v) is 3.64. The molecule has 0 aromatic heterocycles. The Hall–Kier alpha value is -3.42. The van der Waals surface area contributed by atoms with Gasteiger partial charge in [0.05, 0.1) is 7.11 Å². The highest BCUT2D eigenvalue weighted by atomic mass is 19.1. The Morgan fingerprint density at radius 2 is 1.93 bits per heavy atom. The number of rotatable bonds is 7. The number of halogens is 1. The van der Waals surface area contributed by atoms with Crippen molar-refractivity contribution >= 4 is 23.6 Å². The van der Waals surface area contributed by atoms with Gasteiger partial charge in [-0.05, 0) is 48.1 Å². The van der Waals surface area contributed by atoms with Gasteiger partial charge in [-0.25, -0.2) is 9.18 Å². The number of amides is 3. The second-order valence-corrected chi connectivity index (χ2v) is 7.15. The van der Waals surface area contributed by atoms with Gasteiger partial charge in [0.1, 0.15) is 18.4 Å². The van der Waals surface area contributed by atoms with Gasteiger partial charge in [-0.3, -0.25) is 14.5 Å². The molecule has 2 aromatic rings. The highest BCUT2D eigenvalue weighted by Crippen LogP contribution is 2.41. The first-order chi connectivity index (χ1) is 14.4. The molecule has 0 spiro atoms. The van der Waals surface area contributed by atoms with Crippen molar-refractivity contribution in [3.63, 3.8) is 0 Å². The summed E-state index contributed by atoms with van der Waals surface area (Å²) in [6.45, 7) is -0.446. The van der Waals surface area contributed by atoms with Gasteiger partial charge in [-0.15, -0.1) is 0 Å². The van der Waals surface area contributed by atoms with E-state index in [-0.39, 0.29) is 11.6 Å². The van der Waals surface area contributed by atoms with Crippen molar-refractivity contribution in [1.29, 1.82) is 0 Å². The van der Waals surface area contributed by atoms with Crippen molar-refractivity contribution in [2.75, 3.05) is 18.6 Å². The van der Waals surface area contributed by atoms with Gasteiger partial charge in [0.2, 0.25) is 11.8 Å². The third-order valence-corrected chi connectivity index (χ3v) is 5.29. The summed E-state index contributed by atoms with van der Waals surface area (Å²) in [4.78, 5) is 38.3. The van der Waals surface area contributed by atoms with Crippen LogP contribution in [0.1, 0.15) is 42.3 Å². The first kappa shape index (κ1) is 21.3. The largest absolute Gasteiger partial charge is 0.453 e. The smallest absolute Gasteiger partial charge is 0.407 e. The van der Waals surface area contributed by atoms with E-state index < -0.39 is 36.3 Å². The standard InChI is InChI=1S/C22H24FN3O4/c1-30-22(29)25-13-19(27)26(16-9-5-8-15(23)12-16)20(21(24)28)18-11-3-2-10-17(18)14-6-4-7-14/h2-3,5,8-12,14,20H,4,6-7,13H2,1H3,(H2,24,28)(H,25,29)/t20-/m0/s1. The molecule has 1 saturated carbocycles. The maximum Gasteiger partial charge on any atom is 0.407 e. The number of alkyl carbamates (subject to hydrolysis) is 1. The van der Waals surface area contributed by atoms with Crippen LogP contribution in [0.5, 0.6) is 0 Å². The van der Waals surface area contributed by atoms with Gasteiger partial charge in [-0.1, -0.05) is 36.8 Å². The van der Waals surface area contributed by atoms with Crippen molar-refractivity contribution < 1.29 is 23.5 Å². The van der Waals surface area contributed by atoms with Gasteiger partial charge in [0.25, 0.3) is 0 Å². The Balaban J connectivity index is 2.06. The molecular formula is C22H24FN3O4. The Kier molecular flexibility index (Phi) is 6.66. The maximum absolute atomic E-state index is 14.0. The van der Waals surface area contributed by atoms with Gasteiger partial charge in [-0.2, -0.15) is 0 Å². The van der Waals surface area contributed by atoms with E-state index in [1.165, 1.54) is 25.3 Å². The number of hydrogen-bond acceptors (Lipinski definition) is 4. The number of nitrogens with one attached hydrogen (secondary N) is 1. The number of nitrogens with two attached hydrogens (primary N) is 1. The zero-order chi connectivity index (χ0) is 21.7. The van der Waals surface area contributed by atoms with Crippen LogP contribution in [-0.2, 0) is 14.3 Å². The van der Waals surface area contributed by atoms with Crippen LogP contribution in [-0.4, -0.2) is 31.6 Å². The van der Waals surface area contributed by atoms with Crippen molar-refractivity contribution in [3.8, 4) is 0 Å². The second kappa shape index (κ2) is 9.39. The molecule has 1 aliphatic carbocycles. The number of primary amides is 1. The summed E-state index contributed by atoms with van der Waals surface area (Å²) in [5, 5.41) is 2.30. The molecule has 1 fully saturated rings. The van der Waals surface area contributed by atoms with Crippen LogP contribution in [0.4, 0.5) is 14.9 Å². The predicted molar refractivity (Wildman–Crippen MR) is 109 cm³/mol. The van der Waals surface area contributed by atoms with E-state index >= 15 is 0 Å². The number of hydrogen-bond donors (Lipinski definition) is 2. The summed E-state index contributed by atoms with van der Waals surface area (Å²) in [6, 6.07) is 11.5. The van der Waals surface area contributed by atoms with E-state index in [1.54, 1.807) is 12.1 Å². The molecular weight excluding hydrogens is 389 g/mol. The van der Waals surface area contributed by atoms with E-state index in [4.69, 9.17) is 5.73 Å². The fourth-order valence-electron chi connectivity index (χ4n) is 3.64. The first-order valence-electron chi connectivity index (χ1n) is 9.70. The Morgan fingerprint density at radius 1 is 1.20 bits per heavy atom. The number of nitrogens with zero attached hydrogens (tertiary/aromatic N) is 1. The Bertz CT molecular complexity index is 945. The highest BCUT2D eigenvalue weighted by Gasteiger charge is 2.35. The van der Waals surface area contributed by atoms with Gasteiger partial charge in [0.15, 0.2) is 0 Å². The molecule has 158 valence electrons. The third kappa shape index (κ3) is 4.59. The van der Waals surface area contributed by atoms with E-state index in [2.05, 4.69) is 10.1 Å². The lowest BCUT2D eigenvalue weighted by atomic mass is 9.77. The zero-order valence-electron chi connectivity index (χ0n) is 16.6. The van der Waals surface area contributed by atoms with Gasteiger partial charge < -0.3 is 15.8 Å². The Morgan fingerprint density at radius 3 is 2.53 bits per heavy atom. The fraction of sp³-hybridized carbons (Fsp3) is 0.318. The SMILES string of the molecule is COC(=O)NCC(=O)N(c1cccc(F)c1)[C@H](C(N)=O)c1ccccc1C1CCC1. The average Bonchev–Trinajstić information content (AvgIpc) is 2.69. The highest BCUT2D eigenvalue weighted by molar-refractivity contribution is 6.02. The minimum Gasteiger partial charge on any atom is -0.453 e. The summed E-state index contributed by atoms with van der Waals surface area (Å²) in [6.07, 6.45) is 2.27. The quantitative estimate of drug-likeness (QED) is 0.728. The van der Waals surface area contributed by atoms with Crippen molar-refractivity contribution in [3.05, 3.63) is 65.5 Å². The summed E-state index contributed by atoms with van der Waals surface area (Å²) in [7, 11) is 1.17. The van der Waals surface area contributed by atoms with E-state index in [0.717, 1.165) is 35.8 Å². The molecule has 3 N–H and O–H groups in total. The lowest BCUT2D eigenvalue weighted by Gasteiger charge is -2.34. The van der Waals surface area contributed by atoms with Crippen LogP contribution < -0.4 is 16.0 Å². The second-order valence-electron chi connectivity index (χ2n) is 7.15. The van der Waals surface area contributed by atoms with E-state index in [0.29, 0.717) is 5.56 Å². The normalized spacial score (nSPS) is 14.3. The van der Waals surface area contributed by atoms with Gasteiger partial charge in [0, 0.05) is 5.69 Å². The molecule has 7 nitrogen and oxygen atoms in total. The van der Waals surface area contributed by atoms with Crippen LogP contribution in [0.3, 0.4) is 0 Å². The minimum atomic E-state index is -1.16. The molecule has 0 radical (unpaired) electrons. The van der Waals surface area contributed by atoms with Crippen LogP contribution in [0.15, 0.2) is 48.5 Å². The van der Waals surface area contributed by atoms with Crippen LogP contribution in [0.25, 0.3) is 0 Å². The summed E-state index contributed by atoms with van der Waals surface area (Å²) < 4.78 is 18.5. The molecule has 2 aromatic carbocycles. The average molecular weight is 413 g/mol. The van der Waals surface area contributed by atoms with E-state index in [1.807, 2.05) is 12.1 Å². The molecule has 3 amide bonds. The summed E-state index contributed by atoms with van der Waals surface area (Å²) in [5.74, 6) is -1.67. The summed E-state index contributed by atoms with van der Waals surface area (Å²) >= 11 is 0. The van der Waals surface area contributed by atoms with Crippen molar-refractivity contribution in [2.24, 2.45) is 5.73 Å². The summed E-state index contributed by atoms with van der Waals surface area (Å²) in [5.41, 5.74) is 7.47. The molecule has 0 bridgehead atoms. The minimum absolute atomic E-state index is 0.166. The monoisotopic (exact) mass is 413 g/mol. The van der Waals surface area contributed by atoms with Gasteiger partial charge >= 0.3 is 6.09 Å². The lowest BCUT2D eigenvalue weighted by molar-refractivity contribution is -0.124. The first-order valence-corrected chi connectivity index (χ1v) is 9.70. The lowest BCUT2D eigenvalue weighted by Crippen LogP contribution is -2.47. The molecule has 0 unspecified atom stereocenters. The third-order valence-electron chi connectivity index (χ3n) is 5.29. The molecule has 0 aliphatic heterocycles. The predicted octanol–water partition coefficient (Wildman–Crippen LogP) is 3.01. The number of ether oxygens (including phenoxy) is 1. The number of carbonyl (C=O) groups is 3. The van der Waals surface area contributed by atoms with Crippen LogP contribution in [0, 0.1) is 5.82 Å². The van der Waals surface area contributed by atoms with Crippen molar-refractivity contribution in [2.45, 2.75) is 31.2 Å². The topological polar surface area (TPSA) is 102 Å². The molecule has 30 heavy (non-hydrogen) atoms. The molecule has 3 rings (SSSR count). The zero-order valence-corrected chi connectivity index (χ0v) is 16.6.